The van der Waals surface area contributed by atoms with E-state index in [2.05, 4.69) is 30.1 Å². The third kappa shape index (κ3) is 5.30. The van der Waals surface area contributed by atoms with Crippen molar-refractivity contribution in [3.8, 4) is 0 Å². The maximum absolute atomic E-state index is 5.87. The van der Waals surface area contributed by atoms with Gasteiger partial charge in [-0.05, 0) is 31.6 Å². The van der Waals surface area contributed by atoms with Crippen LogP contribution >= 0.6 is 22.9 Å². The van der Waals surface area contributed by atoms with Crippen LogP contribution in [0.5, 0.6) is 0 Å². The van der Waals surface area contributed by atoms with Crippen molar-refractivity contribution in [2.75, 3.05) is 32.7 Å². The van der Waals surface area contributed by atoms with Gasteiger partial charge in [0.15, 0.2) is 0 Å². The van der Waals surface area contributed by atoms with E-state index in [-0.39, 0.29) is 0 Å². The molecule has 0 radical (unpaired) electrons. The highest BCUT2D eigenvalue weighted by molar-refractivity contribution is 7.16. The standard InChI is InChI=1S/C12H21ClN2S/c1-3-15(4-2)10-9-14-8-7-11-5-6-12(13)16-11/h5-6,14H,3-4,7-10H2,1-2H3. The molecule has 1 aromatic rings. The van der Waals surface area contributed by atoms with Gasteiger partial charge in [-0.1, -0.05) is 25.4 Å². The van der Waals surface area contributed by atoms with Crippen molar-refractivity contribution >= 4 is 22.9 Å². The number of likely N-dealkylation sites (N-methyl/N-ethyl adjacent to an activating group) is 1. The summed E-state index contributed by atoms with van der Waals surface area (Å²) in [4.78, 5) is 3.79. The Morgan fingerprint density at radius 3 is 2.56 bits per heavy atom. The van der Waals surface area contributed by atoms with Crippen molar-refractivity contribution in [1.29, 1.82) is 0 Å². The Kier molecular flexibility index (Phi) is 7.05. The minimum absolute atomic E-state index is 0.887. The van der Waals surface area contributed by atoms with Gasteiger partial charge in [0.1, 0.15) is 0 Å². The van der Waals surface area contributed by atoms with Gasteiger partial charge in [-0.2, -0.15) is 0 Å². The van der Waals surface area contributed by atoms with Crippen LogP contribution in [-0.4, -0.2) is 37.6 Å². The number of hydrogen-bond donors (Lipinski definition) is 1. The summed E-state index contributed by atoms with van der Waals surface area (Å²) in [6.45, 7) is 9.93. The fourth-order valence-electron chi connectivity index (χ4n) is 1.60. The predicted molar refractivity (Wildman–Crippen MR) is 73.7 cm³/mol. The molecule has 16 heavy (non-hydrogen) atoms. The Morgan fingerprint density at radius 2 is 2.00 bits per heavy atom. The Hall–Kier alpha value is -0.0900. The smallest absolute Gasteiger partial charge is 0.0931 e. The number of rotatable bonds is 8. The van der Waals surface area contributed by atoms with Crippen LogP contribution in [0, 0.1) is 0 Å². The molecule has 92 valence electrons. The highest BCUT2D eigenvalue weighted by Gasteiger charge is 1.99. The van der Waals surface area contributed by atoms with Crippen LogP contribution in [0.15, 0.2) is 12.1 Å². The van der Waals surface area contributed by atoms with E-state index >= 15 is 0 Å². The van der Waals surface area contributed by atoms with Crippen molar-refractivity contribution in [2.45, 2.75) is 20.3 Å². The molecule has 0 unspecified atom stereocenters. The van der Waals surface area contributed by atoms with Gasteiger partial charge in [-0.3, -0.25) is 0 Å². The SMILES string of the molecule is CCN(CC)CCNCCc1ccc(Cl)s1. The summed E-state index contributed by atoms with van der Waals surface area (Å²) in [5, 5.41) is 3.46. The topological polar surface area (TPSA) is 15.3 Å². The third-order valence-corrected chi connectivity index (χ3v) is 3.97. The zero-order chi connectivity index (χ0) is 11.8. The first-order valence-corrected chi connectivity index (χ1v) is 7.13. The largest absolute Gasteiger partial charge is 0.315 e. The van der Waals surface area contributed by atoms with Crippen LogP contribution in [-0.2, 0) is 6.42 Å². The number of nitrogens with one attached hydrogen (secondary N) is 1. The van der Waals surface area contributed by atoms with Crippen LogP contribution < -0.4 is 5.32 Å². The van der Waals surface area contributed by atoms with Crippen molar-refractivity contribution < 1.29 is 0 Å². The van der Waals surface area contributed by atoms with E-state index in [1.54, 1.807) is 11.3 Å². The molecule has 4 heteroatoms. The molecule has 0 aliphatic rings. The Bertz CT molecular complexity index is 284. The predicted octanol–water partition coefficient (Wildman–Crippen LogP) is 2.88. The first kappa shape index (κ1) is 14.0. The average molecular weight is 261 g/mol. The van der Waals surface area contributed by atoms with Gasteiger partial charge in [0.05, 0.1) is 4.34 Å². The van der Waals surface area contributed by atoms with Crippen molar-refractivity contribution in [3.05, 3.63) is 21.3 Å². The van der Waals surface area contributed by atoms with E-state index in [1.807, 2.05) is 6.07 Å². The minimum Gasteiger partial charge on any atom is -0.315 e. The summed E-state index contributed by atoms with van der Waals surface area (Å²) in [5.74, 6) is 0. The lowest BCUT2D eigenvalue weighted by molar-refractivity contribution is 0.303. The quantitative estimate of drug-likeness (QED) is 0.723. The first-order chi connectivity index (χ1) is 7.76. The molecule has 1 N–H and O–H groups in total. The van der Waals surface area contributed by atoms with E-state index < -0.39 is 0 Å². The highest BCUT2D eigenvalue weighted by atomic mass is 35.5. The molecular formula is C12H21ClN2S. The second kappa shape index (κ2) is 8.07. The number of halogens is 1. The molecule has 0 amide bonds. The molecule has 1 rings (SSSR count). The number of hydrogen-bond acceptors (Lipinski definition) is 3. The van der Waals surface area contributed by atoms with Crippen LogP contribution in [0.4, 0.5) is 0 Å². The molecular weight excluding hydrogens is 240 g/mol. The summed E-state index contributed by atoms with van der Waals surface area (Å²) in [6, 6.07) is 4.08. The molecule has 0 bridgehead atoms. The van der Waals surface area contributed by atoms with E-state index in [0.717, 1.165) is 43.5 Å². The molecule has 0 spiro atoms. The summed E-state index contributed by atoms with van der Waals surface area (Å²) < 4.78 is 0.887. The maximum atomic E-state index is 5.87. The van der Waals surface area contributed by atoms with Gasteiger partial charge in [0, 0.05) is 24.5 Å². The van der Waals surface area contributed by atoms with Crippen molar-refractivity contribution in [3.63, 3.8) is 0 Å². The zero-order valence-electron chi connectivity index (χ0n) is 10.1. The Labute approximate surface area is 108 Å². The summed E-state index contributed by atoms with van der Waals surface area (Å²) in [6.07, 6.45) is 1.08. The van der Waals surface area contributed by atoms with Gasteiger partial charge in [0.2, 0.25) is 0 Å². The molecule has 0 atom stereocenters. The summed E-state index contributed by atoms with van der Waals surface area (Å²) in [7, 11) is 0. The fraction of sp³-hybridized carbons (Fsp3) is 0.667. The molecule has 1 aromatic heterocycles. The molecule has 0 saturated heterocycles. The van der Waals surface area contributed by atoms with Crippen LogP contribution in [0.3, 0.4) is 0 Å². The van der Waals surface area contributed by atoms with E-state index in [4.69, 9.17) is 11.6 Å². The van der Waals surface area contributed by atoms with Gasteiger partial charge in [-0.25, -0.2) is 0 Å². The van der Waals surface area contributed by atoms with Gasteiger partial charge < -0.3 is 10.2 Å². The fourth-order valence-corrected chi connectivity index (χ4v) is 2.69. The van der Waals surface area contributed by atoms with Gasteiger partial charge in [0.25, 0.3) is 0 Å². The van der Waals surface area contributed by atoms with Crippen LogP contribution in [0.25, 0.3) is 0 Å². The summed E-state index contributed by atoms with van der Waals surface area (Å²) in [5.41, 5.74) is 0. The second-order valence-electron chi connectivity index (χ2n) is 3.73. The number of nitrogens with zero attached hydrogens (tertiary/aromatic N) is 1. The lowest BCUT2D eigenvalue weighted by Crippen LogP contribution is -2.32. The minimum atomic E-state index is 0.887. The molecule has 2 nitrogen and oxygen atoms in total. The highest BCUT2D eigenvalue weighted by Crippen LogP contribution is 2.21. The van der Waals surface area contributed by atoms with E-state index in [0.29, 0.717) is 0 Å². The Balaban J connectivity index is 2.04. The van der Waals surface area contributed by atoms with Crippen molar-refractivity contribution in [1.82, 2.24) is 10.2 Å². The zero-order valence-corrected chi connectivity index (χ0v) is 11.7. The lowest BCUT2D eigenvalue weighted by Gasteiger charge is -2.17. The maximum Gasteiger partial charge on any atom is 0.0931 e. The average Bonchev–Trinajstić information content (AvgIpc) is 2.70. The lowest BCUT2D eigenvalue weighted by atomic mass is 10.3. The molecule has 1 heterocycles. The first-order valence-electron chi connectivity index (χ1n) is 5.93. The molecule has 0 aliphatic carbocycles. The number of thiophene rings is 1. The van der Waals surface area contributed by atoms with E-state index in [9.17, 15) is 0 Å². The van der Waals surface area contributed by atoms with Crippen molar-refractivity contribution in [2.24, 2.45) is 0 Å². The monoisotopic (exact) mass is 260 g/mol. The third-order valence-electron chi connectivity index (χ3n) is 2.68. The van der Waals surface area contributed by atoms with Gasteiger partial charge in [-0.15, -0.1) is 11.3 Å². The molecule has 0 saturated carbocycles. The van der Waals surface area contributed by atoms with Crippen LogP contribution in [0.1, 0.15) is 18.7 Å². The Morgan fingerprint density at radius 1 is 1.25 bits per heavy atom. The normalized spacial score (nSPS) is 11.2. The molecule has 0 fully saturated rings. The van der Waals surface area contributed by atoms with Gasteiger partial charge >= 0.3 is 0 Å². The summed E-state index contributed by atoms with van der Waals surface area (Å²) >= 11 is 7.55. The second-order valence-corrected chi connectivity index (χ2v) is 5.53. The molecule has 0 aliphatic heterocycles. The molecule has 0 aromatic carbocycles. The van der Waals surface area contributed by atoms with E-state index in [1.165, 1.54) is 4.88 Å². The van der Waals surface area contributed by atoms with Crippen LogP contribution in [0.2, 0.25) is 4.34 Å².